The zero-order chi connectivity index (χ0) is 75.8. The maximum Gasteiger partial charge on any atom is 0.252 e. The lowest BCUT2D eigenvalue weighted by molar-refractivity contribution is 0.590. The summed E-state index contributed by atoms with van der Waals surface area (Å²) in [5, 5.41) is -0.851. The molecule has 6 heteroatoms. The van der Waals surface area contributed by atoms with Crippen LogP contribution in [0.5, 0.6) is 0 Å². The summed E-state index contributed by atoms with van der Waals surface area (Å²) in [7, 11) is 0. The molecule has 3 aliphatic rings. The molecule has 3 aromatic heterocycles. The first-order chi connectivity index (χ1) is 47.6. The number of aromatic nitrogens is 2. The number of benzene rings is 9. The second kappa shape index (κ2) is 15.4. The minimum Gasteiger partial charge on any atom is -0.311 e. The van der Waals surface area contributed by atoms with E-state index in [0.29, 0.717) is 0 Å². The van der Waals surface area contributed by atoms with Crippen LogP contribution >= 0.6 is 11.3 Å². The zero-order valence-electron chi connectivity index (χ0n) is 70.8. The van der Waals surface area contributed by atoms with Crippen LogP contribution in [-0.4, -0.2) is 15.8 Å². The zero-order valence-corrected chi connectivity index (χ0v) is 45.6. The van der Waals surface area contributed by atoms with Gasteiger partial charge in [0.1, 0.15) is 0 Å². The minimum atomic E-state index is -1.87. The predicted molar refractivity (Wildman–Crippen MR) is 335 cm³/mol. The van der Waals surface area contributed by atoms with E-state index in [1.165, 1.54) is 16.4 Å². The Kier molecular flexibility index (Phi) is 5.42. The van der Waals surface area contributed by atoms with Crippen LogP contribution in [0.4, 0.5) is 34.1 Å². The lowest BCUT2D eigenvalue weighted by Crippen LogP contribution is -2.61. The van der Waals surface area contributed by atoms with Gasteiger partial charge in [-0.1, -0.05) is 137 Å². The van der Waals surface area contributed by atoms with Crippen LogP contribution < -0.4 is 26.2 Å². The second-order valence-corrected chi connectivity index (χ2v) is 25.6. The van der Waals surface area contributed by atoms with Gasteiger partial charge in [-0.2, -0.15) is 0 Å². The quantitative estimate of drug-likeness (QED) is 0.160. The highest BCUT2D eigenvalue weighted by Crippen LogP contribution is 2.54. The summed E-state index contributed by atoms with van der Waals surface area (Å²) in [6.45, 7) is 20.5. The standard InChI is InChI=1S/C71H65BN4S/c1-40-31-60-65-61(32-40)76-62-37-44(71(11,12)13)36-52-50-35-43(70(8,9)10)23-29-57(50)75(66(52)62)58-19-16-18-54(67(58)76)72(65)53-26-24-46(39-59(53)74(60)45-25-30-64-51(38-45)47-17-14-15-20-63(47)77-64)73-55-27-21-41(68(2,3)4)33-48(55)49-34-42(69(5,6)7)22-28-56(49)73/h14-39H,1-13H3/i14D,15D,16D,17D,18D,19D,20D,21D,22D,23D,24D,25D,26D,27D,28D,29D,30D,31D,32D,33D,34D,35D,36D,37D,38D,39D. The summed E-state index contributed by atoms with van der Waals surface area (Å²) in [5.74, 6) is 0. The van der Waals surface area contributed by atoms with Gasteiger partial charge in [0.2, 0.25) is 0 Å². The van der Waals surface area contributed by atoms with Gasteiger partial charge in [0.25, 0.3) is 6.71 Å². The molecule has 77 heavy (non-hydrogen) atoms. The monoisotopic (exact) mass is 1040 g/mol. The topological polar surface area (TPSA) is 16.3 Å². The molecule has 0 radical (unpaired) electrons. The molecule has 15 rings (SSSR count). The third kappa shape index (κ3) is 6.58. The minimum absolute atomic E-state index is 0.00563. The van der Waals surface area contributed by atoms with Crippen LogP contribution in [-0.2, 0) is 21.7 Å². The van der Waals surface area contributed by atoms with Crippen molar-refractivity contribution >= 4 is 132 Å². The van der Waals surface area contributed by atoms with Crippen molar-refractivity contribution in [1.82, 2.24) is 9.13 Å². The highest BCUT2D eigenvalue weighted by molar-refractivity contribution is 7.25. The first kappa shape index (κ1) is 27.2. The molecular formula is C71H65BN4S. The molecule has 0 atom stereocenters. The fourth-order valence-corrected chi connectivity index (χ4v) is 12.1. The molecule has 0 spiro atoms. The highest BCUT2D eigenvalue weighted by Gasteiger charge is 2.47. The maximum atomic E-state index is 11.2. The lowest BCUT2D eigenvalue weighted by Gasteiger charge is -2.46. The lowest BCUT2D eigenvalue weighted by atomic mass is 9.33. The average molecular weight is 1040 g/mol. The molecule has 0 amide bonds. The number of rotatable bonds is 2. The number of fused-ring (bicyclic) bond motifs is 15. The molecule has 0 saturated carbocycles. The van der Waals surface area contributed by atoms with E-state index in [2.05, 4.69) is 0 Å². The highest BCUT2D eigenvalue weighted by atomic mass is 32.1. The van der Waals surface area contributed by atoms with Crippen molar-refractivity contribution in [1.29, 1.82) is 0 Å². The third-order valence-electron chi connectivity index (χ3n) is 15.0. The molecular weight excluding hydrogens is 952 g/mol. The van der Waals surface area contributed by atoms with Crippen molar-refractivity contribution in [2.75, 3.05) is 9.80 Å². The molecule has 9 aromatic carbocycles. The molecule has 0 N–H and O–H groups in total. The summed E-state index contributed by atoms with van der Waals surface area (Å²) < 4.78 is 264. The number of para-hydroxylation sites is 1. The molecule has 0 aliphatic carbocycles. The molecule has 378 valence electrons. The number of nitrogens with zero attached hydrogens (tertiary/aromatic N) is 4. The van der Waals surface area contributed by atoms with Crippen LogP contribution in [0.25, 0.3) is 75.2 Å². The first-order valence-electron chi connectivity index (χ1n) is 38.7. The van der Waals surface area contributed by atoms with Crippen molar-refractivity contribution in [3.63, 3.8) is 0 Å². The van der Waals surface area contributed by atoms with Gasteiger partial charge in [-0.05, 0) is 176 Å². The van der Waals surface area contributed by atoms with Gasteiger partial charge in [-0.15, -0.1) is 11.3 Å². The molecule has 12 aromatic rings. The van der Waals surface area contributed by atoms with Crippen LogP contribution in [0.3, 0.4) is 0 Å². The van der Waals surface area contributed by atoms with Crippen molar-refractivity contribution in [2.45, 2.75) is 112 Å². The Bertz CT molecular complexity index is 6070. The van der Waals surface area contributed by atoms with E-state index in [0.717, 1.165) is 20.8 Å². The van der Waals surface area contributed by atoms with E-state index in [-0.39, 0.29) is 162 Å². The predicted octanol–water partition coefficient (Wildman–Crippen LogP) is 18.1. The second-order valence-electron chi connectivity index (χ2n) is 24.6. The Morgan fingerprint density at radius 3 is 1.58 bits per heavy atom. The summed E-state index contributed by atoms with van der Waals surface area (Å²) >= 11 is 0.724. The van der Waals surface area contributed by atoms with Crippen molar-refractivity contribution < 1.29 is 35.6 Å². The smallest absolute Gasteiger partial charge is 0.252 e. The summed E-state index contributed by atoms with van der Waals surface area (Å²) in [5.41, 5.74) is -9.20. The van der Waals surface area contributed by atoms with E-state index in [4.69, 9.17) is 4.11 Å². The van der Waals surface area contributed by atoms with Crippen molar-refractivity contribution in [2.24, 2.45) is 0 Å². The van der Waals surface area contributed by atoms with Crippen LogP contribution in [0.1, 0.15) is 147 Å². The molecule has 0 fully saturated rings. The van der Waals surface area contributed by atoms with E-state index >= 15 is 0 Å². The van der Waals surface area contributed by atoms with Gasteiger partial charge < -0.3 is 18.9 Å². The number of anilines is 6. The molecule has 3 aliphatic heterocycles. The first-order valence-corrected chi connectivity index (χ1v) is 26.5. The van der Waals surface area contributed by atoms with Crippen LogP contribution in [0, 0.1) is 6.92 Å². The maximum absolute atomic E-state index is 11.2. The molecule has 6 heterocycles. The summed E-state index contributed by atoms with van der Waals surface area (Å²) in [4.78, 5) is 2.47. The summed E-state index contributed by atoms with van der Waals surface area (Å²) in [6, 6.07) is -15.1. The summed E-state index contributed by atoms with van der Waals surface area (Å²) in [6.07, 6.45) is 0. The molecule has 0 unspecified atom stereocenters. The Labute approximate surface area is 493 Å². The number of hydrogen-bond acceptors (Lipinski definition) is 3. The Morgan fingerprint density at radius 1 is 0.390 bits per heavy atom. The number of hydrogen-bond donors (Lipinski definition) is 0. The normalized spacial score (nSPS) is 18.9. The Morgan fingerprint density at radius 2 is 0.948 bits per heavy atom. The van der Waals surface area contributed by atoms with Gasteiger partial charge in [0, 0.05) is 70.2 Å². The Balaban J connectivity index is 1.23. The van der Waals surface area contributed by atoms with Crippen LogP contribution in [0.15, 0.2) is 157 Å². The molecule has 0 bridgehead atoms. The van der Waals surface area contributed by atoms with Gasteiger partial charge in [0.15, 0.2) is 0 Å². The van der Waals surface area contributed by atoms with Gasteiger partial charge in [0.05, 0.1) is 74.8 Å². The third-order valence-corrected chi connectivity index (χ3v) is 16.1. The van der Waals surface area contributed by atoms with Crippen molar-refractivity contribution in [3.05, 3.63) is 185 Å². The van der Waals surface area contributed by atoms with Crippen molar-refractivity contribution in [3.8, 4) is 11.4 Å². The van der Waals surface area contributed by atoms with E-state index in [1.54, 1.807) is 83.1 Å². The van der Waals surface area contributed by atoms with Gasteiger partial charge in [-0.3, -0.25) is 0 Å². The van der Waals surface area contributed by atoms with Crippen LogP contribution in [0.2, 0.25) is 0 Å². The number of thiophene rings is 1. The molecule has 4 nitrogen and oxygen atoms in total. The fourth-order valence-electron chi connectivity index (χ4n) is 11.1. The van der Waals surface area contributed by atoms with E-state index in [1.807, 2.05) is 0 Å². The Hall–Kier alpha value is -7.54. The fraction of sp³-hybridized carbons (Fsp3) is 0.239. The van der Waals surface area contributed by atoms with Gasteiger partial charge in [-0.25, -0.2) is 0 Å². The molecule has 0 saturated heterocycles. The SMILES string of the molecule is [2H]c1c([2H])c2c3c(c1[2H])-n1c4c([2H])c([2H])c(C(C)(C)C)c([2H])c4c4c([2H])c(C(C)(C)C)c([2H])c(c41)N3c1c([2H])c(C)c([2H])c3c1B2c1c([2H])c([2H])c(-n2c4c([2H])c([2H])c(C(C)(C)C)c([2H])c4c4c([2H])c(C(C)(C)C)c([2H])c([2H])c42)c([2H])c1N3c1c([2H])c([2H])c2sc3c([2H])c([2H])c([2H])c([2H])c3c2c1[2H]. The van der Waals surface area contributed by atoms with E-state index < -0.39 is 177 Å². The largest absolute Gasteiger partial charge is 0.311 e. The average Bonchev–Trinajstić information content (AvgIpc) is 1.65. The van der Waals surface area contributed by atoms with E-state index in [9.17, 15) is 31.5 Å². The van der Waals surface area contributed by atoms with Gasteiger partial charge >= 0.3 is 0 Å².